The Hall–Kier alpha value is -0.505. The van der Waals surface area contributed by atoms with Gasteiger partial charge in [0.05, 0.1) is 0 Å². The van der Waals surface area contributed by atoms with Crippen molar-refractivity contribution in [2.45, 2.75) is 13.3 Å². The summed E-state index contributed by atoms with van der Waals surface area (Å²) in [4.78, 5) is 11.9. The van der Waals surface area contributed by atoms with Gasteiger partial charge in [-0.05, 0) is 27.6 Å². The third kappa shape index (κ3) is 43.7. The number of nitrogens with zero attached hydrogens (tertiary/aromatic N) is 1. The molecule has 0 unspecified atom stereocenters. The molecule has 0 aromatic rings. The second-order valence-electron chi connectivity index (χ2n) is 2.63. The third-order valence-electron chi connectivity index (χ3n) is 0.549. The molecule has 0 aliphatic heterocycles. The van der Waals surface area contributed by atoms with Crippen LogP contribution in [0.15, 0.2) is 0 Å². The molecule has 0 bridgehead atoms. The van der Waals surface area contributed by atoms with Gasteiger partial charge in [0.2, 0.25) is 0 Å². The molecule has 3 nitrogen and oxygen atoms in total. The molecule has 1 amide bonds. The fourth-order valence-corrected chi connectivity index (χ4v) is 0.248. The smallest absolute Gasteiger partial charge is 0.200 e. The first-order valence-electron chi connectivity index (χ1n) is 3.65. The minimum absolute atomic E-state index is 0.443. The zero-order valence-corrected chi connectivity index (χ0v) is 7.85. The van der Waals surface area contributed by atoms with Gasteiger partial charge in [0.15, 0.2) is 13.7 Å². The van der Waals surface area contributed by atoms with E-state index < -0.39 is 5.81 Å². The molecule has 0 heterocycles. The topological polar surface area (TPSA) is 32.3 Å². The van der Waals surface area contributed by atoms with Crippen LogP contribution in [0.2, 0.25) is 0 Å². The second-order valence-corrected chi connectivity index (χ2v) is 2.63. The quantitative estimate of drug-likeness (QED) is 0.588. The summed E-state index contributed by atoms with van der Waals surface area (Å²) in [6.45, 7) is 2.64. The van der Waals surface area contributed by atoms with Crippen LogP contribution in [0.1, 0.15) is 13.3 Å². The molecule has 0 atom stereocenters. The summed E-state index contributed by atoms with van der Waals surface area (Å²) in [5.41, 5.74) is 0. The zero-order chi connectivity index (χ0) is 9.28. The lowest BCUT2D eigenvalue weighted by molar-refractivity contribution is 0.259. The largest absolute Gasteiger partial charge is 0.366 e. The van der Waals surface area contributed by atoms with E-state index in [2.05, 4.69) is 5.32 Å². The lowest BCUT2D eigenvalue weighted by atomic mass is 10.1. The molecule has 0 spiro atoms. The minimum atomic E-state index is -0.443. The van der Waals surface area contributed by atoms with E-state index in [1.54, 1.807) is 0 Å². The van der Waals surface area contributed by atoms with Crippen LogP contribution in [-0.4, -0.2) is 46.2 Å². The Kier molecular flexibility index (Phi) is 11.3. The molecule has 11 heavy (non-hydrogen) atoms. The zero-order valence-electron chi connectivity index (χ0n) is 7.85. The van der Waals surface area contributed by atoms with Gasteiger partial charge >= 0.3 is 0 Å². The van der Waals surface area contributed by atoms with Crippen molar-refractivity contribution in [3.63, 3.8) is 0 Å². The highest BCUT2D eigenvalue weighted by molar-refractivity contribution is 6.57. The van der Waals surface area contributed by atoms with Gasteiger partial charge < -0.3 is 10.2 Å². The maximum Gasteiger partial charge on any atom is 0.200 e. The van der Waals surface area contributed by atoms with Crippen LogP contribution in [0.5, 0.6) is 0 Å². The first kappa shape index (κ1) is 13.1. The molecule has 0 aliphatic carbocycles. The lowest BCUT2D eigenvalue weighted by Gasteiger charge is -1.94. The highest BCUT2D eigenvalue weighted by atomic mass is 16.1. The van der Waals surface area contributed by atoms with Crippen LogP contribution in [0, 0.1) is 0 Å². The fraction of sp³-hybridized carbons (Fsp3) is 0.857. The van der Waals surface area contributed by atoms with Gasteiger partial charge in [-0.3, -0.25) is 4.79 Å². The number of amides is 1. The molecule has 0 aromatic heterocycles. The molecule has 1 N–H and O–H groups in total. The third-order valence-corrected chi connectivity index (χ3v) is 0.549. The SMILES string of the molecule is CN(C)C.[B]C(=O)NCCC. The predicted octanol–water partition coefficient (Wildman–Crippen LogP) is 0.452. The highest BCUT2D eigenvalue weighted by Crippen LogP contribution is 1.67. The number of rotatable bonds is 2. The first-order valence-corrected chi connectivity index (χ1v) is 3.65. The molecule has 0 fully saturated rings. The van der Waals surface area contributed by atoms with E-state index in [9.17, 15) is 4.79 Å². The van der Waals surface area contributed by atoms with Crippen molar-refractivity contribution in [2.75, 3.05) is 27.7 Å². The van der Waals surface area contributed by atoms with Crippen LogP contribution < -0.4 is 5.32 Å². The summed E-state index contributed by atoms with van der Waals surface area (Å²) < 4.78 is 0. The highest BCUT2D eigenvalue weighted by Gasteiger charge is 1.82. The van der Waals surface area contributed by atoms with Gasteiger partial charge in [0.1, 0.15) is 0 Å². The maximum atomic E-state index is 9.87. The average Bonchev–Trinajstić information content (AvgIpc) is 1.82. The van der Waals surface area contributed by atoms with E-state index in [1.165, 1.54) is 0 Å². The van der Waals surface area contributed by atoms with Gasteiger partial charge in [0.25, 0.3) is 0 Å². The maximum absolute atomic E-state index is 9.87. The number of hydrogen-bond donors (Lipinski definition) is 1. The van der Waals surface area contributed by atoms with Gasteiger partial charge in [0, 0.05) is 6.54 Å². The second kappa shape index (κ2) is 9.49. The molecule has 64 valence electrons. The summed E-state index contributed by atoms with van der Waals surface area (Å²) in [7, 11) is 10.7. The van der Waals surface area contributed by atoms with E-state index in [0.717, 1.165) is 6.42 Å². The molecule has 0 aliphatic rings. The number of carbonyl (C=O) groups excluding carboxylic acids is 1. The van der Waals surface area contributed by atoms with Crippen molar-refractivity contribution >= 4 is 13.7 Å². The van der Waals surface area contributed by atoms with Crippen molar-refractivity contribution in [2.24, 2.45) is 0 Å². The van der Waals surface area contributed by atoms with Gasteiger partial charge in [-0.1, -0.05) is 6.92 Å². The summed E-state index contributed by atoms with van der Waals surface area (Å²) in [5.74, 6) is -0.443. The van der Waals surface area contributed by atoms with Crippen molar-refractivity contribution in [1.82, 2.24) is 10.2 Å². The predicted molar refractivity (Wildman–Crippen MR) is 49.1 cm³/mol. The Morgan fingerprint density at radius 2 is 1.82 bits per heavy atom. The van der Waals surface area contributed by atoms with Gasteiger partial charge in [-0.15, -0.1) is 0 Å². The Balaban J connectivity index is 0. The first-order chi connectivity index (χ1) is 5.00. The van der Waals surface area contributed by atoms with E-state index in [1.807, 2.05) is 33.0 Å². The molecule has 4 heteroatoms. The fourth-order valence-electron chi connectivity index (χ4n) is 0.248. The van der Waals surface area contributed by atoms with Crippen molar-refractivity contribution in [3.05, 3.63) is 0 Å². The molecule has 0 saturated heterocycles. The minimum Gasteiger partial charge on any atom is -0.366 e. The summed E-state index contributed by atoms with van der Waals surface area (Å²) in [6.07, 6.45) is 0.933. The lowest BCUT2D eigenvalue weighted by Crippen LogP contribution is -2.21. The molecule has 0 aromatic carbocycles. The summed E-state index contributed by atoms with van der Waals surface area (Å²) in [5, 5.41) is 2.43. The van der Waals surface area contributed by atoms with Crippen LogP contribution in [-0.2, 0) is 0 Å². The molecular weight excluding hydrogens is 139 g/mol. The van der Waals surface area contributed by atoms with Crippen LogP contribution in [0.25, 0.3) is 0 Å². The van der Waals surface area contributed by atoms with E-state index >= 15 is 0 Å². The normalized spacial score (nSPS) is 8.45. The van der Waals surface area contributed by atoms with Crippen molar-refractivity contribution in [1.29, 1.82) is 0 Å². The standard InChI is InChI=1S/C4H8BNO.C3H9N/c1-2-3-6-4(5)7;1-4(2)3/h2-3H2,1H3,(H,6,7);1-3H3. The monoisotopic (exact) mass is 156 g/mol. The molecule has 0 rings (SSSR count). The summed E-state index contributed by atoms with van der Waals surface area (Å²) in [6, 6.07) is 0. The van der Waals surface area contributed by atoms with E-state index in [-0.39, 0.29) is 0 Å². The van der Waals surface area contributed by atoms with E-state index in [4.69, 9.17) is 7.85 Å². The van der Waals surface area contributed by atoms with Crippen molar-refractivity contribution in [3.8, 4) is 0 Å². The number of nitrogens with one attached hydrogen (secondary N) is 1. The Bertz CT molecular complexity index is 93.7. The average molecular weight is 156 g/mol. The number of hydrogen-bond acceptors (Lipinski definition) is 2. The van der Waals surface area contributed by atoms with Crippen LogP contribution in [0.4, 0.5) is 4.79 Å². The Labute approximate surface area is 70.6 Å². The number of carbonyl (C=O) groups is 1. The summed E-state index contributed by atoms with van der Waals surface area (Å²) >= 11 is 0. The Morgan fingerprint density at radius 3 is 1.91 bits per heavy atom. The van der Waals surface area contributed by atoms with Crippen LogP contribution >= 0.6 is 0 Å². The van der Waals surface area contributed by atoms with Gasteiger partial charge in [-0.2, -0.15) is 0 Å². The van der Waals surface area contributed by atoms with Crippen molar-refractivity contribution < 1.29 is 4.79 Å². The molecule has 0 saturated carbocycles. The van der Waals surface area contributed by atoms with E-state index in [0.29, 0.717) is 6.54 Å². The Morgan fingerprint density at radius 1 is 1.45 bits per heavy atom. The molecule has 2 radical (unpaired) electrons. The molecular formula is C7H17BN2O. The van der Waals surface area contributed by atoms with Gasteiger partial charge in [-0.25, -0.2) is 0 Å². The van der Waals surface area contributed by atoms with Crippen LogP contribution in [0.3, 0.4) is 0 Å².